The fraction of sp³-hybridized carbons (Fsp3) is 0.588. The molecule has 1 N–H and O–H groups in total. The van der Waals surface area contributed by atoms with E-state index < -0.39 is 0 Å². The average Bonchev–Trinajstić information content (AvgIpc) is 2.44. The summed E-state index contributed by atoms with van der Waals surface area (Å²) in [4.78, 5) is 14.3. The largest absolute Gasteiger partial charge is 0.493 e. The van der Waals surface area contributed by atoms with E-state index in [-0.39, 0.29) is 24.4 Å². The smallest absolute Gasteiger partial charge is 0.226 e. The van der Waals surface area contributed by atoms with Gasteiger partial charge in [-0.3, -0.25) is 4.79 Å². The highest BCUT2D eigenvalue weighted by molar-refractivity contribution is 5.85. The Morgan fingerprint density at radius 2 is 2.09 bits per heavy atom. The van der Waals surface area contributed by atoms with Gasteiger partial charge < -0.3 is 15.0 Å². The first-order valence-corrected chi connectivity index (χ1v) is 7.72. The highest BCUT2D eigenvalue weighted by Gasteiger charge is 2.27. The van der Waals surface area contributed by atoms with Crippen molar-refractivity contribution < 1.29 is 9.53 Å². The van der Waals surface area contributed by atoms with Gasteiger partial charge in [-0.25, -0.2) is 0 Å². The molecule has 4 nitrogen and oxygen atoms in total. The summed E-state index contributed by atoms with van der Waals surface area (Å²) in [5.41, 5.74) is 2.34. The number of carbonyl (C=O) groups excluding carboxylic acids is 1. The lowest BCUT2D eigenvalue weighted by Gasteiger charge is -2.38. The fourth-order valence-corrected chi connectivity index (χ4v) is 2.76. The Labute approximate surface area is 139 Å². The molecule has 1 aliphatic heterocycles. The Bertz CT molecular complexity index is 507. The molecule has 2 atom stereocenters. The van der Waals surface area contributed by atoms with Crippen molar-refractivity contribution in [3.63, 3.8) is 0 Å². The van der Waals surface area contributed by atoms with Crippen LogP contribution < -0.4 is 10.1 Å². The van der Waals surface area contributed by atoms with Gasteiger partial charge in [0.25, 0.3) is 0 Å². The van der Waals surface area contributed by atoms with Crippen LogP contribution in [0.15, 0.2) is 18.2 Å². The molecule has 1 saturated heterocycles. The van der Waals surface area contributed by atoms with Crippen LogP contribution >= 0.6 is 12.4 Å². The van der Waals surface area contributed by atoms with E-state index in [1.54, 1.807) is 0 Å². The van der Waals surface area contributed by atoms with Crippen molar-refractivity contribution in [2.45, 2.75) is 46.2 Å². The molecule has 1 aromatic rings. The van der Waals surface area contributed by atoms with Gasteiger partial charge in [0.15, 0.2) is 0 Å². The Morgan fingerprint density at radius 1 is 1.36 bits per heavy atom. The zero-order chi connectivity index (χ0) is 15.4. The summed E-state index contributed by atoms with van der Waals surface area (Å²) in [5.74, 6) is 1.05. The van der Waals surface area contributed by atoms with E-state index in [1.165, 1.54) is 5.56 Å². The number of halogens is 1. The van der Waals surface area contributed by atoms with Crippen LogP contribution in [0.2, 0.25) is 0 Å². The van der Waals surface area contributed by atoms with Crippen LogP contribution in [-0.2, 0) is 4.79 Å². The molecule has 0 aliphatic carbocycles. The second kappa shape index (κ2) is 8.39. The van der Waals surface area contributed by atoms with Crippen molar-refractivity contribution in [1.29, 1.82) is 0 Å². The highest BCUT2D eigenvalue weighted by atomic mass is 35.5. The van der Waals surface area contributed by atoms with Crippen molar-refractivity contribution in [1.82, 2.24) is 10.2 Å². The average molecular weight is 327 g/mol. The minimum Gasteiger partial charge on any atom is -0.493 e. The zero-order valence-electron chi connectivity index (χ0n) is 13.9. The van der Waals surface area contributed by atoms with E-state index in [1.807, 2.05) is 24.0 Å². The standard InChI is InChI=1S/C17H26N2O2.ClH/c1-12-5-6-16(13(2)11-12)21-10-7-17(20)19-9-8-18-14(3)15(19)4;/h5-6,11,14-15,18H,7-10H2,1-4H3;1H. The normalized spacial score (nSPS) is 21.2. The van der Waals surface area contributed by atoms with Crippen molar-refractivity contribution >= 4 is 18.3 Å². The third kappa shape index (κ3) is 4.62. The van der Waals surface area contributed by atoms with Crippen LogP contribution in [-0.4, -0.2) is 42.6 Å². The molecule has 5 heteroatoms. The molecule has 2 unspecified atom stereocenters. The van der Waals surface area contributed by atoms with E-state index >= 15 is 0 Å². The molecule has 1 heterocycles. The molecule has 0 spiro atoms. The Balaban J connectivity index is 0.00000242. The molecule has 124 valence electrons. The van der Waals surface area contributed by atoms with Crippen LogP contribution in [0, 0.1) is 13.8 Å². The third-order valence-electron chi connectivity index (χ3n) is 4.26. The SMILES string of the molecule is Cc1ccc(OCCC(=O)N2CCNC(C)C2C)c(C)c1.Cl. The first kappa shape index (κ1) is 18.8. The molecule has 0 saturated carbocycles. The number of piperazine rings is 1. The molecule has 1 amide bonds. The summed E-state index contributed by atoms with van der Waals surface area (Å²) in [5, 5.41) is 3.39. The van der Waals surface area contributed by atoms with Gasteiger partial charge >= 0.3 is 0 Å². The number of ether oxygens (including phenoxy) is 1. The Kier molecular flexibility index (Phi) is 7.17. The number of nitrogens with one attached hydrogen (secondary N) is 1. The molecule has 1 fully saturated rings. The van der Waals surface area contributed by atoms with Crippen molar-refractivity contribution in [2.24, 2.45) is 0 Å². The Hall–Kier alpha value is -1.26. The lowest BCUT2D eigenvalue weighted by Crippen LogP contribution is -2.57. The van der Waals surface area contributed by atoms with Gasteiger partial charge in [-0.2, -0.15) is 0 Å². The minimum atomic E-state index is 0. The van der Waals surface area contributed by atoms with E-state index in [0.29, 0.717) is 19.1 Å². The second-order valence-electron chi connectivity index (χ2n) is 5.94. The molecule has 0 radical (unpaired) electrons. The maximum absolute atomic E-state index is 12.3. The van der Waals surface area contributed by atoms with Crippen LogP contribution in [0.4, 0.5) is 0 Å². The molecular weight excluding hydrogens is 300 g/mol. The van der Waals surface area contributed by atoms with Crippen molar-refractivity contribution in [2.75, 3.05) is 19.7 Å². The summed E-state index contributed by atoms with van der Waals surface area (Å²) in [6.07, 6.45) is 0.435. The van der Waals surface area contributed by atoms with Crippen LogP contribution in [0.1, 0.15) is 31.4 Å². The lowest BCUT2D eigenvalue weighted by molar-refractivity contribution is -0.135. The summed E-state index contributed by atoms with van der Waals surface area (Å²) < 4.78 is 5.75. The molecule has 1 aliphatic rings. The van der Waals surface area contributed by atoms with E-state index in [0.717, 1.165) is 24.4 Å². The van der Waals surface area contributed by atoms with Gasteiger partial charge in [0.2, 0.25) is 5.91 Å². The maximum Gasteiger partial charge on any atom is 0.226 e. The maximum atomic E-state index is 12.3. The predicted octanol–water partition coefficient (Wildman–Crippen LogP) is 2.70. The van der Waals surface area contributed by atoms with Crippen LogP contribution in [0.3, 0.4) is 0 Å². The van der Waals surface area contributed by atoms with E-state index in [4.69, 9.17) is 4.74 Å². The second-order valence-corrected chi connectivity index (χ2v) is 5.94. The van der Waals surface area contributed by atoms with Gasteiger partial charge in [0.05, 0.1) is 13.0 Å². The molecule has 22 heavy (non-hydrogen) atoms. The van der Waals surface area contributed by atoms with Gasteiger partial charge in [-0.15, -0.1) is 12.4 Å². The Morgan fingerprint density at radius 3 is 2.77 bits per heavy atom. The number of hydrogen-bond donors (Lipinski definition) is 1. The monoisotopic (exact) mass is 326 g/mol. The molecule has 2 rings (SSSR count). The fourth-order valence-electron chi connectivity index (χ4n) is 2.76. The topological polar surface area (TPSA) is 41.6 Å². The number of amides is 1. The summed E-state index contributed by atoms with van der Waals surface area (Å²) in [6, 6.07) is 6.70. The number of hydrogen-bond acceptors (Lipinski definition) is 3. The number of nitrogens with zero attached hydrogens (tertiary/aromatic N) is 1. The number of benzene rings is 1. The summed E-state index contributed by atoms with van der Waals surface area (Å²) >= 11 is 0. The highest BCUT2D eigenvalue weighted by Crippen LogP contribution is 2.19. The van der Waals surface area contributed by atoms with Gasteiger partial charge in [0, 0.05) is 25.2 Å². The quantitative estimate of drug-likeness (QED) is 0.925. The molecule has 1 aromatic carbocycles. The minimum absolute atomic E-state index is 0. The van der Waals surface area contributed by atoms with Crippen LogP contribution in [0.25, 0.3) is 0 Å². The van der Waals surface area contributed by atoms with Gasteiger partial charge in [0.1, 0.15) is 5.75 Å². The summed E-state index contributed by atoms with van der Waals surface area (Å²) in [7, 11) is 0. The zero-order valence-corrected chi connectivity index (χ0v) is 14.7. The van der Waals surface area contributed by atoms with Crippen molar-refractivity contribution in [3.05, 3.63) is 29.3 Å². The first-order chi connectivity index (χ1) is 9.99. The number of aryl methyl sites for hydroxylation is 2. The van der Waals surface area contributed by atoms with Crippen molar-refractivity contribution in [3.8, 4) is 5.75 Å². The molecule has 0 aromatic heterocycles. The molecular formula is C17H27ClN2O2. The number of carbonyl (C=O) groups is 1. The van der Waals surface area contributed by atoms with Crippen LogP contribution in [0.5, 0.6) is 5.75 Å². The van der Waals surface area contributed by atoms with E-state index in [9.17, 15) is 4.79 Å². The van der Waals surface area contributed by atoms with E-state index in [2.05, 4.69) is 32.2 Å². The molecule has 0 bridgehead atoms. The lowest BCUT2D eigenvalue weighted by atomic mass is 10.1. The predicted molar refractivity (Wildman–Crippen MR) is 91.9 cm³/mol. The van der Waals surface area contributed by atoms with Gasteiger partial charge in [-0.1, -0.05) is 17.7 Å². The summed E-state index contributed by atoms with van der Waals surface area (Å²) in [6.45, 7) is 10.4. The first-order valence-electron chi connectivity index (χ1n) is 7.72. The third-order valence-corrected chi connectivity index (χ3v) is 4.26. The number of rotatable bonds is 4. The van der Waals surface area contributed by atoms with Gasteiger partial charge in [-0.05, 0) is 39.3 Å².